The van der Waals surface area contributed by atoms with Crippen LogP contribution in [0.15, 0.2) is 29.3 Å². The Morgan fingerprint density at radius 1 is 1.17 bits per heavy atom. The van der Waals surface area contributed by atoms with Crippen LogP contribution in [0.4, 0.5) is 5.69 Å². The monoisotopic (exact) mass is 413 g/mol. The molecule has 4 rings (SSSR count). The number of hydrogen-bond acceptors (Lipinski definition) is 7. The summed E-state index contributed by atoms with van der Waals surface area (Å²) in [4.78, 5) is 31.5. The van der Waals surface area contributed by atoms with Crippen molar-refractivity contribution in [3.05, 3.63) is 45.5 Å². The average Bonchev–Trinajstić information content (AvgIpc) is 3.17. The maximum atomic E-state index is 12.7. The third kappa shape index (κ3) is 3.31. The number of aromatic nitrogens is 4. The number of nitrogens with one attached hydrogen (secondary N) is 1. The van der Waals surface area contributed by atoms with Gasteiger partial charge in [0.05, 0.1) is 19.6 Å². The minimum Gasteiger partial charge on any atom is -0.497 e. The molecular weight excluding hydrogens is 394 g/mol. The molecule has 1 amide bonds. The minimum absolute atomic E-state index is 0.232. The van der Waals surface area contributed by atoms with Crippen molar-refractivity contribution in [3.63, 3.8) is 0 Å². The van der Waals surface area contributed by atoms with Gasteiger partial charge in [0, 0.05) is 28.8 Å². The van der Waals surface area contributed by atoms with Gasteiger partial charge in [-0.1, -0.05) is 0 Å². The van der Waals surface area contributed by atoms with Crippen LogP contribution < -0.4 is 20.5 Å². The Balaban J connectivity index is 1.66. The minimum atomic E-state index is -0.420. The summed E-state index contributed by atoms with van der Waals surface area (Å²) in [6.45, 7) is 3.75. The highest BCUT2D eigenvalue weighted by Crippen LogP contribution is 2.30. The summed E-state index contributed by atoms with van der Waals surface area (Å²) in [6.07, 6.45) is 1.45. The van der Waals surface area contributed by atoms with Crippen LogP contribution in [0.2, 0.25) is 0 Å². The van der Waals surface area contributed by atoms with Crippen molar-refractivity contribution in [1.29, 1.82) is 0 Å². The zero-order valence-corrected chi connectivity index (χ0v) is 17.2. The molecule has 3 aromatic heterocycles. The molecule has 4 aromatic rings. The number of amides is 1. The zero-order valence-electron chi connectivity index (χ0n) is 16.3. The van der Waals surface area contributed by atoms with Crippen LogP contribution in [0.1, 0.15) is 10.4 Å². The van der Waals surface area contributed by atoms with Gasteiger partial charge in [0.25, 0.3) is 0 Å². The molecule has 150 valence electrons. The van der Waals surface area contributed by atoms with Crippen molar-refractivity contribution in [2.45, 2.75) is 20.4 Å². The van der Waals surface area contributed by atoms with Crippen LogP contribution in [0.3, 0.4) is 0 Å². The third-order valence-corrected chi connectivity index (χ3v) is 5.80. The number of rotatable bonds is 5. The average molecular weight is 413 g/mol. The number of carbonyl (C=O) groups is 1. The second-order valence-electron chi connectivity index (χ2n) is 6.49. The molecule has 0 atom stereocenters. The molecule has 0 aliphatic carbocycles. The van der Waals surface area contributed by atoms with Gasteiger partial charge in [0.1, 0.15) is 29.2 Å². The van der Waals surface area contributed by atoms with Gasteiger partial charge in [0.2, 0.25) is 5.91 Å². The van der Waals surface area contributed by atoms with E-state index in [1.807, 2.05) is 13.8 Å². The number of methoxy groups -OCH3 is 2. The molecule has 9 nitrogen and oxygen atoms in total. The van der Waals surface area contributed by atoms with Crippen LogP contribution >= 0.6 is 11.3 Å². The van der Waals surface area contributed by atoms with E-state index in [9.17, 15) is 9.59 Å². The molecule has 0 spiro atoms. The normalized spacial score (nSPS) is 11.2. The topological polar surface area (TPSA) is 99.7 Å². The molecule has 0 aliphatic rings. The molecule has 0 aliphatic heterocycles. The lowest BCUT2D eigenvalue weighted by atomic mass is 10.2. The van der Waals surface area contributed by atoms with Gasteiger partial charge in [-0.15, -0.1) is 16.4 Å². The first-order chi connectivity index (χ1) is 13.9. The van der Waals surface area contributed by atoms with Crippen molar-refractivity contribution in [2.75, 3.05) is 19.5 Å². The number of fused-ring (bicyclic) bond motifs is 3. The van der Waals surface area contributed by atoms with Crippen molar-refractivity contribution in [3.8, 4) is 11.5 Å². The number of thiophene rings is 1. The van der Waals surface area contributed by atoms with E-state index in [1.165, 1.54) is 24.9 Å². The number of anilines is 1. The van der Waals surface area contributed by atoms with Crippen LogP contribution in [0, 0.1) is 13.8 Å². The Labute approximate surface area is 169 Å². The second-order valence-corrected chi connectivity index (χ2v) is 7.69. The first-order valence-corrected chi connectivity index (χ1v) is 9.59. The fourth-order valence-corrected chi connectivity index (χ4v) is 4.08. The van der Waals surface area contributed by atoms with Gasteiger partial charge in [-0.3, -0.25) is 4.79 Å². The summed E-state index contributed by atoms with van der Waals surface area (Å²) in [5.41, 5.74) is 1.61. The molecule has 0 unspecified atom stereocenters. The molecule has 3 heterocycles. The van der Waals surface area contributed by atoms with Crippen LogP contribution in [-0.2, 0) is 11.3 Å². The number of ether oxygens (including phenoxy) is 2. The number of hydrogen-bond donors (Lipinski definition) is 1. The quantitative estimate of drug-likeness (QED) is 0.539. The summed E-state index contributed by atoms with van der Waals surface area (Å²) in [5.74, 6) is 0.691. The molecule has 0 radical (unpaired) electrons. The molecule has 1 aromatic carbocycles. The molecule has 0 saturated carbocycles. The molecule has 0 bridgehead atoms. The second kappa shape index (κ2) is 7.21. The SMILES string of the molecule is COc1cc(NC(=O)Cn2nc3c4c(C)c(C)sc4ncn3c2=O)cc(OC)c1. The lowest BCUT2D eigenvalue weighted by molar-refractivity contribution is -0.117. The molecule has 0 saturated heterocycles. The van der Waals surface area contributed by atoms with Gasteiger partial charge >= 0.3 is 5.69 Å². The Kier molecular flexibility index (Phi) is 4.71. The maximum absolute atomic E-state index is 12.7. The van der Waals surface area contributed by atoms with Gasteiger partial charge in [-0.2, -0.15) is 0 Å². The van der Waals surface area contributed by atoms with Crippen molar-refractivity contribution in [2.24, 2.45) is 0 Å². The van der Waals surface area contributed by atoms with Crippen molar-refractivity contribution < 1.29 is 14.3 Å². The zero-order chi connectivity index (χ0) is 20.7. The summed E-state index contributed by atoms with van der Waals surface area (Å²) in [5, 5.41) is 7.97. The highest BCUT2D eigenvalue weighted by atomic mass is 32.1. The number of nitrogens with zero attached hydrogens (tertiary/aromatic N) is 4. The van der Waals surface area contributed by atoms with E-state index in [4.69, 9.17) is 9.47 Å². The van der Waals surface area contributed by atoms with E-state index < -0.39 is 11.6 Å². The highest BCUT2D eigenvalue weighted by molar-refractivity contribution is 7.18. The van der Waals surface area contributed by atoms with E-state index in [-0.39, 0.29) is 6.54 Å². The number of benzene rings is 1. The van der Waals surface area contributed by atoms with Gasteiger partial charge in [0.15, 0.2) is 5.65 Å². The van der Waals surface area contributed by atoms with Crippen LogP contribution in [0.5, 0.6) is 11.5 Å². The summed E-state index contributed by atoms with van der Waals surface area (Å²) < 4.78 is 12.9. The molecular formula is C19H19N5O4S. The van der Waals surface area contributed by atoms with Gasteiger partial charge in [-0.05, 0) is 19.4 Å². The molecule has 0 fully saturated rings. The Morgan fingerprint density at radius 3 is 2.52 bits per heavy atom. The van der Waals surface area contributed by atoms with E-state index in [1.54, 1.807) is 29.5 Å². The Bertz CT molecular complexity index is 1280. The third-order valence-electron chi connectivity index (χ3n) is 4.68. The largest absolute Gasteiger partial charge is 0.497 e. The summed E-state index contributed by atoms with van der Waals surface area (Å²) >= 11 is 1.55. The van der Waals surface area contributed by atoms with Crippen LogP contribution in [0.25, 0.3) is 15.9 Å². The van der Waals surface area contributed by atoms with Crippen LogP contribution in [-0.4, -0.2) is 39.3 Å². The predicted octanol–water partition coefficient (Wildman–Crippen LogP) is 2.38. The lowest BCUT2D eigenvalue weighted by Crippen LogP contribution is -2.28. The van der Waals surface area contributed by atoms with E-state index in [0.29, 0.717) is 22.8 Å². The van der Waals surface area contributed by atoms with Gasteiger partial charge < -0.3 is 14.8 Å². The summed E-state index contributed by atoms with van der Waals surface area (Å²) in [6, 6.07) is 5.03. The maximum Gasteiger partial charge on any atom is 0.352 e. The number of aryl methyl sites for hydroxylation is 2. The van der Waals surface area contributed by atoms with E-state index in [0.717, 1.165) is 25.3 Å². The van der Waals surface area contributed by atoms with E-state index in [2.05, 4.69) is 15.4 Å². The first kappa shape index (κ1) is 18.9. The molecule has 10 heteroatoms. The number of carbonyl (C=O) groups excluding carboxylic acids is 1. The molecule has 29 heavy (non-hydrogen) atoms. The van der Waals surface area contributed by atoms with Crippen molar-refractivity contribution in [1.82, 2.24) is 19.2 Å². The van der Waals surface area contributed by atoms with Crippen molar-refractivity contribution >= 4 is 38.8 Å². The van der Waals surface area contributed by atoms with E-state index >= 15 is 0 Å². The summed E-state index contributed by atoms with van der Waals surface area (Å²) in [7, 11) is 3.05. The Hall–Kier alpha value is -3.40. The lowest BCUT2D eigenvalue weighted by Gasteiger charge is -2.09. The standard InChI is InChI=1S/C19H19N5O4S/c1-10-11(2)29-18-16(10)17-22-24(19(26)23(17)9-20-18)8-15(25)21-12-5-13(27-3)7-14(6-12)28-4/h5-7,9H,8H2,1-4H3,(H,21,25). The molecule has 1 N–H and O–H groups in total. The smallest absolute Gasteiger partial charge is 0.352 e. The predicted molar refractivity (Wildman–Crippen MR) is 110 cm³/mol. The Morgan fingerprint density at radius 2 is 1.86 bits per heavy atom. The fourth-order valence-electron chi connectivity index (χ4n) is 3.09. The highest BCUT2D eigenvalue weighted by Gasteiger charge is 2.17. The van der Waals surface area contributed by atoms with Gasteiger partial charge in [-0.25, -0.2) is 18.9 Å². The first-order valence-electron chi connectivity index (χ1n) is 8.78. The fraction of sp³-hybridized carbons (Fsp3) is 0.263.